The molecule has 6 nitrogen and oxygen atoms in total. The number of hydrogen-bond acceptors (Lipinski definition) is 7. The third-order valence-corrected chi connectivity index (χ3v) is 5.47. The van der Waals surface area contributed by atoms with Gasteiger partial charge in [0.2, 0.25) is 0 Å². The summed E-state index contributed by atoms with van der Waals surface area (Å²) in [5.74, 6) is 1.24. The third kappa shape index (κ3) is 5.01. The predicted octanol–water partition coefficient (Wildman–Crippen LogP) is 3.26. The highest BCUT2D eigenvalue weighted by atomic mass is 32.2. The first kappa shape index (κ1) is 18.8. The topological polar surface area (TPSA) is 73.1 Å². The van der Waals surface area contributed by atoms with Crippen LogP contribution < -0.4 is 0 Å². The van der Waals surface area contributed by atoms with Crippen molar-refractivity contribution in [1.29, 1.82) is 0 Å². The number of thioether (sulfide) groups is 1. The number of aliphatic hydroxyl groups is 1. The first-order valence-corrected chi connectivity index (χ1v) is 10.00. The first-order valence-electron chi connectivity index (χ1n) is 8.13. The molecule has 1 N–H and O–H groups in total. The van der Waals surface area contributed by atoms with Gasteiger partial charge in [0, 0.05) is 35.1 Å². The van der Waals surface area contributed by atoms with E-state index < -0.39 is 6.10 Å². The molecule has 0 unspecified atom stereocenters. The predicted molar refractivity (Wildman–Crippen MR) is 104 cm³/mol. The van der Waals surface area contributed by atoms with Gasteiger partial charge >= 0.3 is 0 Å². The molecule has 3 heterocycles. The lowest BCUT2D eigenvalue weighted by Gasteiger charge is -2.11. The number of aliphatic hydroxyl groups excluding tert-OH is 1. The van der Waals surface area contributed by atoms with Crippen LogP contribution in [-0.4, -0.2) is 43.3 Å². The summed E-state index contributed by atoms with van der Waals surface area (Å²) in [4.78, 5) is 5.18. The second kappa shape index (κ2) is 9.63. The molecule has 0 saturated heterocycles. The molecule has 3 aromatic rings. The van der Waals surface area contributed by atoms with Crippen molar-refractivity contribution >= 4 is 23.1 Å². The number of thiophene rings is 1. The molecule has 3 aromatic heterocycles. The summed E-state index contributed by atoms with van der Waals surface area (Å²) in [6.45, 7) is 5.22. The van der Waals surface area contributed by atoms with Crippen LogP contribution in [0.5, 0.6) is 0 Å². The fourth-order valence-electron chi connectivity index (χ4n) is 2.31. The molecule has 0 aromatic carbocycles. The summed E-state index contributed by atoms with van der Waals surface area (Å²) in [5, 5.41) is 21.5. The van der Waals surface area contributed by atoms with Crippen LogP contribution in [-0.2, 0) is 17.9 Å². The minimum absolute atomic E-state index is 0.289. The molecule has 0 fully saturated rings. The monoisotopic (exact) mass is 388 g/mol. The van der Waals surface area contributed by atoms with Crippen molar-refractivity contribution in [2.45, 2.75) is 24.4 Å². The minimum Gasteiger partial charge on any atom is -0.390 e. The van der Waals surface area contributed by atoms with E-state index in [2.05, 4.69) is 21.8 Å². The van der Waals surface area contributed by atoms with Crippen LogP contribution in [0.25, 0.3) is 11.4 Å². The van der Waals surface area contributed by atoms with Crippen LogP contribution >= 0.6 is 23.1 Å². The van der Waals surface area contributed by atoms with E-state index >= 15 is 0 Å². The van der Waals surface area contributed by atoms with Crippen molar-refractivity contribution in [3.05, 3.63) is 59.6 Å². The number of rotatable bonds is 10. The molecular formula is C18H20N4O2S2. The third-order valence-electron chi connectivity index (χ3n) is 3.51. The maximum atomic E-state index is 10.2. The summed E-state index contributed by atoms with van der Waals surface area (Å²) in [6, 6.07) is 7.79. The van der Waals surface area contributed by atoms with E-state index in [1.165, 1.54) is 11.8 Å². The highest BCUT2D eigenvalue weighted by Crippen LogP contribution is 2.24. The lowest BCUT2D eigenvalue weighted by molar-refractivity contribution is 0.0408. The van der Waals surface area contributed by atoms with E-state index in [0.717, 1.165) is 21.4 Å². The zero-order valence-corrected chi connectivity index (χ0v) is 15.8. The molecule has 0 saturated carbocycles. The molecule has 0 aliphatic carbocycles. The molecule has 0 amide bonds. The summed E-state index contributed by atoms with van der Waals surface area (Å²) in [6.07, 6.45) is 4.69. The highest BCUT2D eigenvalue weighted by Gasteiger charge is 2.15. The molecule has 8 heteroatoms. The van der Waals surface area contributed by atoms with Gasteiger partial charge in [-0.15, -0.1) is 28.1 Å². The largest absolute Gasteiger partial charge is 0.390 e. The van der Waals surface area contributed by atoms with E-state index in [4.69, 9.17) is 4.74 Å². The highest BCUT2D eigenvalue weighted by molar-refractivity contribution is 7.99. The molecule has 26 heavy (non-hydrogen) atoms. The zero-order chi connectivity index (χ0) is 18.2. The fraction of sp³-hybridized carbons (Fsp3) is 0.278. The summed E-state index contributed by atoms with van der Waals surface area (Å²) < 4.78 is 7.54. The standard InChI is InChI=1S/C18H20N4O2S2/c1-2-9-22-17(14-5-7-19-8-6-14)20-21-18(22)26-13-15(23)11-24-12-16-4-3-10-25-16/h2-8,10,15,23H,1,9,11-13H2/t15-/m0/s1. The van der Waals surface area contributed by atoms with E-state index in [0.29, 0.717) is 18.9 Å². The number of aromatic nitrogens is 4. The Kier molecular flexibility index (Phi) is 6.96. The minimum atomic E-state index is -0.571. The quantitative estimate of drug-likeness (QED) is 0.425. The van der Waals surface area contributed by atoms with E-state index in [-0.39, 0.29) is 6.61 Å². The van der Waals surface area contributed by atoms with Gasteiger partial charge in [0.25, 0.3) is 0 Å². The van der Waals surface area contributed by atoms with E-state index in [1.807, 2.05) is 34.2 Å². The zero-order valence-electron chi connectivity index (χ0n) is 14.2. The van der Waals surface area contributed by atoms with Crippen LogP contribution in [0.15, 0.2) is 59.9 Å². The van der Waals surface area contributed by atoms with Gasteiger partial charge in [-0.25, -0.2) is 0 Å². The van der Waals surface area contributed by atoms with Gasteiger partial charge < -0.3 is 9.84 Å². The number of pyridine rings is 1. The lowest BCUT2D eigenvalue weighted by Crippen LogP contribution is -2.18. The van der Waals surface area contributed by atoms with Crippen molar-refractivity contribution < 1.29 is 9.84 Å². The Morgan fingerprint density at radius 2 is 2.15 bits per heavy atom. The smallest absolute Gasteiger partial charge is 0.191 e. The molecule has 0 aliphatic heterocycles. The summed E-state index contributed by atoms with van der Waals surface area (Å²) in [7, 11) is 0. The van der Waals surface area contributed by atoms with E-state index in [9.17, 15) is 5.11 Å². The Morgan fingerprint density at radius 3 is 2.88 bits per heavy atom. The van der Waals surface area contributed by atoms with E-state index in [1.54, 1.807) is 29.8 Å². The maximum absolute atomic E-state index is 10.2. The second-order valence-corrected chi connectivity index (χ2v) is 7.52. The van der Waals surface area contributed by atoms with Gasteiger partial charge in [0.05, 0.1) is 19.3 Å². The molecule has 136 valence electrons. The molecule has 0 spiro atoms. The van der Waals surface area contributed by atoms with Gasteiger partial charge in [0.1, 0.15) is 0 Å². The molecule has 3 rings (SSSR count). The molecule has 1 atom stereocenters. The van der Waals surface area contributed by atoms with Crippen molar-refractivity contribution in [1.82, 2.24) is 19.7 Å². The average Bonchev–Trinajstić information content (AvgIpc) is 3.31. The Hall–Kier alpha value is -2.00. The van der Waals surface area contributed by atoms with Crippen molar-refractivity contribution in [2.24, 2.45) is 0 Å². The number of ether oxygens (including phenoxy) is 1. The molecular weight excluding hydrogens is 368 g/mol. The molecule has 0 radical (unpaired) electrons. The fourth-order valence-corrected chi connectivity index (χ4v) is 3.81. The first-order chi connectivity index (χ1) is 12.8. The van der Waals surface area contributed by atoms with Crippen LogP contribution in [0.2, 0.25) is 0 Å². The SMILES string of the molecule is C=CCn1c(SC[C@@H](O)COCc2cccs2)nnc1-c1ccncc1. The van der Waals surface area contributed by atoms with Gasteiger partial charge in [-0.2, -0.15) is 0 Å². The number of hydrogen-bond donors (Lipinski definition) is 1. The lowest BCUT2D eigenvalue weighted by atomic mass is 10.2. The summed E-state index contributed by atoms with van der Waals surface area (Å²) in [5.41, 5.74) is 0.945. The Labute approximate surface area is 160 Å². The molecule has 0 bridgehead atoms. The Morgan fingerprint density at radius 1 is 1.31 bits per heavy atom. The van der Waals surface area contributed by atoms with Crippen LogP contribution in [0.4, 0.5) is 0 Å². The number of allylic oxidation sites excluding steroid dienone is 1. The number of nitrogens with zero attached hydrogens (tertiary/aromatic N) is 4. The van der Waals surface area contributed by atoms with Gasteiger partial charge in [-0.05, 0) is 23.6 Å². The Balaban J connectivity index is 1.57. The van der Waals surface area contributed by atoms with Gasteiger partial charge in [-0.1, -0.05) is 23.9 Å². The normalized spacial score (nSPS) is 12.2. The molecule has 0 aliphatic rings. The van der Waals surface area contributed by atoms with Crippen molar-refractivity contribution in [3.63, 3.8) is 0 Å². The Bertz CT molecular complexity index is 806. The van der Waals surface area contributed by atoms with Crippen molar-refractivity contribution in [3.8, 4) is 11.4 Å². The van der Waals surface area contributed by atoms with Crippen LogP contribution in [0.3, 0.4) is 0 Å². The maximum Gasteiger partial charge on any atom is 0.191 e. The van der Waals surface area contributed by atoms with Crippen molar-refractivity contribution in [2.75, 3.05) is 12.4 Å². The van der Waals surface area contributed by atoms with Gasteiger partial charge in [0.15, 0.2) is 11.0 Å². The van der Waals surface area contributed by atoms with Crippen LogP contribution in [0, 0.1) is 0 Å². The average molecular weight is 389 g/mol. The van der Waals surface area contributed by atoms with Gasteiger partial charge in [-0.3, -0.25) is 9.55 Å². The van der Waals surface area contributed by atoms with Crippen LogP contribution in [0.1, 0.15) is 4.88 Å². The second-order valence-electron chi connectivity index (χ2n) is 5.50. The summed E-state index contributed by atoms with van der Waals surface area (Å²) >= 11 is 3.10.